The van der Waals surface area contributed by atoms with Crippen LogP contribution in [0, 0.1) is 25.5 Å². The number of hydrogen-bond donors (Lipinski definition) is 1. The first-order valence-electron chi connectivity index (χ1n) is 6.94. The first kappa shape index (κ1) is 15.5. The minimum absolute atomic E-state index is 0.280. The van der Waals surface area contributed by atoms with Crippen molar-refractivity contribution in [3.05, 3.63) is 57.9 Å². The number of hydrogen-bond acceptors (Lipinski definition) is 3. The molecule has 2 rings (SSSR count). The SMILES string of the molecule is CCc1nnc(C)cc1C(NC)c1ccc(C)c(F)c1F. The summed E-state index contributed by atoms with van der Waals surface area (Å²) in [5.74, 6) is -1.62. The van der Waals surface area contributed by atoms with E-state index in [1.807, 2.05) is 19.9 Å². The van der Waals surface area contributed by atoms with Gasteiger partial charge < -0.3 is 5.32 Å². The standard InChI is InChI=1S/C16H19F2N3/c1-5-13-12(8-10(3)20-21-13)16(19-4)11-7-6-9(2)14(17)15(11)18/h6-8,16,19H,5H2,1-4H3. The van der Waals surface area contributed by atoms with Crippen molar-refractivity contribution in [2.24, 2.45) is 0 Å². The molecule has 1 aromatic heterocycles. The van der Waals surface area contributed by atoms with Crippen LogP contribution in [0.4, 0.5) is 8.78 Å². The fourth-order valence-electron chi connectivity index (χ4n) is 2.42. The molecule has 5 heteroatoms. The zero-order valence-electron chi connectivity index (χ0n) is 12.7. The number of nitrogens with zero attached hydrogens (tertiary/aromatic N) is 2. The molecule has 0 aliphatic heterocycles. The molecule has 21 heavy (non-hydrogen) atoms. The van der Waals surface area contributed by atoms with E-state index in [9.17, 15) is 8.78 Å². The molecule has 1 N–H and O–H groups in total. The zero-order chi connectivity index (χ0) is 15.6. The first-order valence-corrected chi connectivity index (χ1v) is 6.94. The molecule has 112 valence electrons. The van der Waals surface area contributed by atoms with E-state index in [1.54, 1.807) is 26.1 Å². The molecule has 2 aromatic rings. The highest BCUT2D eigenvalue weighted by Crippen LogP contribution is 2.28. The van der Waals surface area contributed by atoms with Gasteiger partial charge in [0.05, 0.1) is 17.4 Å². The van der Waals surface area contributed by atoms with Gasteiger partial charge in [-0.1, -0.05) is 19.1 Å². The third kappa shape index (κ3) is 2.93. The van der Waals surface area contributed by atoms with Gasteiger partial charge in [0.1, 0.15) is 0 Å². The molecule has 0 amide bonds. The summed E-state index contributed by atoms with van der Waals surface area (Å²) in [4.78, 5) is 0. The Kier molecular flexibility index (Phi) is 4.63. The van der Waals surface area contributed by atoms with Crippen LogP contribution in [-0.4, -0.2) is 17.2 Å². The summed E-state index contributed by atoms with van der Waals surface area (Å²) in [6.45, 7) is 5.34. The van der Waals surface area contributed by atoms with E-state index in [4.69, 9.17) is 0 Å². The Bertz CT molecular complexity index is 656. The van der Waals surface area contributed by atoms with Crippen molar-refractivity contribution in [1.29, 1.82) is 0 Å². The smallest absolute Gasteiger partial charge is 0.164 e. The van der Waals surface area contributed by atoms with Crippen molar-refractivity contribution in [1.82, 2.24) is 15.5 Å². The number of rotatable bonds is 4. The minimum Gasteiger partial charge on any atom is -0.309 e. The van der Waals surface area contributed by atoms with Gasteiger partial charge in [-0.3, -0.25) is 0 Å². The quantitative estimate of drug-likeness (QED) is 0.939. The maximum Gasteiger partial charge on any atom is 0.164 e. The third-order valence-corrected chi connectivity index (χ3v) is 3.58. The second-order valence-corrected chi connectivity index (χ2v) is 5.06. The van der Waals surface area contributed by atoms with E-state index in [0.29, 0.717) is 12.0 Å². The lowest BCUT2D eigenvalue weighted by Gasteiger charge is -2.20. The van der Waals surface area contributed by atoms with Crippen LogP contribution < -0.4 is 5.32 Å². The lowest BCUT2D eigenvalue weighted by Crippen LogP contribution is -2.22. The number of halogens is 2. The Morgan fingerprint density at radius 1 is 1.10 bits per heavy atom. The van der Waals surface area contributed by atoms with Crippen molar-refractivity contribution < 1.29 is 8.78 Å². The molecular weight excluding hydrogens is 272 g/mol. The molecule has 1 unspecified atom stereocenters. The topological polar surface area (TPSA) is 37.8 Å². The molecule has 1 atom stereocenters. The van der Waals surface area contributed by atoms with Crippen LogP contribution >= 0.6 is 0 Å². The van der Waals surface area contributed by atoms with E-state index < -0.39 is 17.7 Å². The van der Waals surface area contributed by atoms with Crippen LogP contribution in [0.25, 0.3) is 0 Å². The van der Waals surface area contributed by atoms with Crippen molar-refractivity contribution in [3.8, 4) is 0 Å². The van der Waals surface area contributed by atoms with Crippen molar-refractivity contribution in [2.75, 3.05) is 7.05 Å². The van der Waals surface area contributed by atoms with Gasteiger partial charge in [0.2, 0.25) is 0 Å². The first-order chi connectivity index (χ1) is 9.99. The lowest BCUT2D eigenvalue weighted by atomic mass is 9.95. The molecule has 1 aromatic carbocycles. The molecule has 0 saturated carbocycles. The normalized spacial score (nSPS) is 12.5. The highest BCUT2D eigenvalue weighted by molar-refractivity contribution is 5.37. The molecule has 0 spiro atoms. The average molecular weight is 291 g/mol. The highest BCUT2D eigenvalue weighted by atomic mass is 19.2. The number of benzene rings is 1. The number of aromatic nitrogens is 2. The molecule has 0 fully saturated rings. The Morgan fingerprint density at radius 2 is 1.81 bits per heavy atom. The third-order valence-electron chi connectivity index (χ3n) is 3.58. The highest BCUT2D eigenvalue weighted by Gasteiger charge is 2.22. The summed E-state index contributed by atoms with van der Waals surface area (Å²) in [7, 11) is 1.72. The molecule has 0 saturated heterocycles. The summed E-state index contributed by atoms with van der Waals surface area (Å²) in [6, 6.07) is 4.61. The average Bonchev–Trinajstić information content (AvgIpc) is 2.48. The van der Waals surface area contributed by atoms with E-state index in [2.05, 4.69) is 15.5 Å². The van der Waals surface area contributed by atoms with E-state index >= 15 is 0 Å². The zero-order valence-corrected chi connectivity index (χ0v) is 12.7. The van der Waals surface area contributed by atoms with Gasteiger partial charge in [-0.15, -0.1) is 0 Å². The van der Waals surface area contributed by atoms with Crippen LogP contribution in [0.15, 0.2) is 18.2 Å². The summed E-state index contributed by atoms with van der Waals surface area (Å²) in [6.07, 6.45) is 0.677. The fraction of sp³-hybridized carbons (Fsp3) is 0.375. The van der Waals surface area contributed by atoms with E-state index in [1.165, 1.54) is 0 Å². The van der Waals surface area contributed by atoms with Gasteiger partial charge in [-0.25, -0.2) is 8.78 Å². The van der Waals surface area contributed by atoms with Crippen LogP contribution in [0.3, 0.4) is 0 Å². The van der Waals surface area contributed by atoms with E-state index in [0.717, 1.165) is 17.0 Å². The van der Waals surface area contributed by atoms with Crippen LogP contribution in [0.2, 0.25) is 0 Å². The second kappa shape index (κ2) is 6.26. The summed E-state index contributed by atoms with van der Waals surface area (Å²) < 4.78 is 28.1. The summed E-state index contributed by atoms with van der Waals surface area (Å²) in [5.41, 5.74) is 2.93. The number of nitrogens with one attached hydrogen (secondary N) is 1. The molecule has 1 heterocycles. The molecule has 3 nitrogen and oxygen atoms in total. The van der Waals surface area contributed by atoms with Gasteiger partial charge in [-0.2, -0.15) is 10.2 Å². The van der Waals surface area contributed by atoms with Gasteiger partial charge >= 0.3 is 0 Å². The predicted molar refractivity (Wildman–Crippen MR) is 78.1 cm³/mol. The number of aryl methyl sites for hydroxylation is 3. The van der Waals surface area contributed by atoms with Crippen molar-refractivity contribution in [3.63, 3.8) is 0 Å². The molecule has 0 radical (unpaired) electrons. The van der Waals surface area contributed by atoms with Crippen molar-refractivity contribution in [2.45, 2.75) is 33.2 Å². The monoisotopic (exact) mass is 291 g/mol. The Morgan fingerprint density at radius 3 is 2.43 bits per heavy atom. The molecule has 0 aliphatic rings. The molecule has 0 aliphatic carbocycles. The molecule has 0 bridgehead atoms. The van der Waals surface area contributed by atoms with Gasteiger partial charge in [-0.05, 0) is 44.5 Å². The Labute approximate surface area is 123 Å². The minimum atomic E-state index is -0.814. The van der Waals surface area contributed by atoms with Gasteiger partial charge in [0.15, 0.2) is 11.6 Å². The maximum atomic E-state index is 14.3. The van der Waals surface area contributed by atoms with Crippen LogP contribution in [0.5, 0.6) is 0 Å². The fourth-order valence-corrected chi connectivity index (χ4v) is 2.42. The summed E-state index contributed by atoms with van der Waals surface area (Å²) >= 11 is 0. The predicted octanol–water partition coefficient (Wildman–Crippen LogP) is 3.24. The van der Waals surface area contributed by atoms with E-state index in [-0.39, 0.29) is 5.56 Å². The van der Waals surface area contributed by atoms with Crippen LogP contribution in [-0.2, 0) is 6.42 Å². The van der Waals surface area contributed by atoms with Gasteiger partial charge in [0.25, 0.3) is 0 Å². The lowest BCUT2D eigenvalue weighted by molar-refractivity contribution is 0.481. The van der Waals surface area contributed by atoms with Gasteiger partial charge in [0, 0.05) is 5.56 Å². The largest absolute Gasteiger partial charge is 0.309 e. The maximum absolute atomic E-state index is 14.3. The Hall–Kier alpha value is -1.88. The Balaban J connectivity index is 2.60. The molecular formula is C16H19F2N3. The van der Waals surface area contributed by atoms with Crippen molar-refractivity contribution >= 4 is 0 Å². The second-order valence-electron chi connectivity index (χ2n) is 5.06. The van der Waals surface area contributed by atoms with Crippen LogP contribution in [0.1, 0.15) is 41.0 Å². The summed E-state index contributed by atoms with van der Waals surface area (Å²) in [5, 5.41) is 11.2.